The molecule has 3 rings (SSSR count). The van der Waals surface area contributed by atoms with E-state index in [1.54, 1.807) is 23.0 Å². The Morgan fingerprint density at radius 3 is 2.78 bits per heavy atom. The zero-order valence-electron chi connectivity index (χ0n) is 12.8. The van der Waals surface area contributed by atoms with Gasteiger partial charge < -0.3 is 10.1 Å². The Bertz CT molecular complexity index is 913. The van der Waals surface area contributed by atoms with E-state index in [4.69, 9.17) is 0 Å². The highest BCUT2D eigenvalue weighted by atomic mass is 32.1. The number of esters is 1. The van der Waals surface area contributed by atoms with E-state index < -0.39 is 5.97 Å². The number of carbonyl (C=O) groups is 2. The van der Waals surface area contributed by atoms with Crippen LogP contribution in [0, 0.1) is 6.92 Å². The van der Waals surface area contributed by atoms with Crippen LogP contribution in [0.15, 0.2) is 24.4 Å². The molecule has 7 nitrogen and oxygen atoms in total. The SMILES string of the molecule is COC(=O)c1ccc(C(=O)Nc2cnc3c(c2)c(C)nn3C)s1. The Morgan fingerprint density at radius 2 is 2.04 bits per heavy atom. The summed E-state index contributed by atoms with van der Waals surface area (Å²) in [5.41, 5.74) is 2.17. The average Bonchev–Trinajstić information content (AvgIpc) is 3.13. The Kier molecular flexibility index (Phi) is 3.83. The van der Waals surface area contributed by atoms with E-state index in [2.05, 4.69) is 20.1 Å². The molecule has 0 aliphatic heterocycles. The van der Waals surface area contributed by atoms with E-state index in [-0.39, 0.29) is 5.91 Å². The number of ether oxygens (including phenoxy) is 1. The number of nitrogens with zero attached hydrogens (tertiary/aromatic N) is 3. The lowest BCUT2D eigenvalue weighted by Gasteiger charge is -2.03. The van der Waals surface area contributed by atoms with Crippen LogP contribution in [0.3, 0.4) is 0 Å². The fraction of sp³-hybridized carbons (Fsp3) is 0.200. The van der Waals surface area contributed by atoms with Gasteiger partial charge in [-0.3, -0.25) is 9.48 Å². The summed E-state index contributed by atoms with van der Waals surface area (Å²) in [5.74, 6) is -0.754. The number of methoxy groups -OCH3 is 1. The number of nitrogens with one attached hydrogen (secondary N) is 1. The smallest absolute Gasteiger partial charge is 0.348 e. The molecule has 0 spiro atoms. The summed E-state index contributed by atoms with van der Waals surface area (Å²) in [4.78, 5) is 28.8. The van der Waals surface area contributed by atoms with E-state index in [0.29, 0.717) is 15.4 Å². The van der Waals surface area contributed by atoms with E-state index in [1.807, 2.05) is 20.0 Å². The molecule has 118 valence electrons. The molecule has 0 aliphatic carbocycles. The highest BCUT2D eigenvalue weighted by molar-refractivity contribution is 7.16. The first-order chi connectivity index (χ1) is 11.0. The topological polar surface area (TPSA) is 86.1 Å². The maximum atomic E-state index is 12.3. The molecule has 23 heavy (non-hydrogen) atoms. The Hall–Kier alpha value is -2.74. The summed E-state index contributed by atoms with van der Waals surface area (Å²) in [5, 5.41) is 7.95. The number of rotatable bonds is 3. The average molecular weight is 330 g/mol. The molecular formula is C15H14N4O3S. The summed E-state index contributed by atoms with van der Waals surface area (Å²) in [6.07, 6.45) is 1.58. The molecule has 0 unspecified atom stereocenters. The third-order valence-corrected chi connectivity index (χ3v) is 4.40. The van der Waals surface area contributed by atoms with Gasteiger partial charge in [0.2, 0.25) is 0 Å². The number of amides is 1. The van der Waals surface area contributed by atoms with Crippen LogP contribution < -0.4 is 5.32 Å². The molecule has 0 bridgehead atoms. The molecule has 1 N–H and O–H groups in total. The van der Waals surface area contributed by atoms with Crippen LogP contribution in [0.4, 0.5) is 5.69 Å². The van der Waals surface area contributed by atoms with E-state index in [1.165, 1.54) is 7.11 Å². The van der Waals surface area contributed by atoms with Crippen molar-refractivity contribution >= 4 is 39.9 Å². The number of pyridine rings is 1. The van der Waals surface area contributed by atoms with Gasteiger partial charge in [0.1, 0.15) is 4.88 Å². The Morgan fingerprint density at radius 1 is 1.30 bits per heavy atom. The molecule has 8 heteroatoms. The van der Waals surface area contributed by atoms with Crippen LogP contribution in [0.25, 0.3) is 11.0 Å². The zero-order chi connectivity index (χ0) is 16.6. The molecule has 0 aliphatic rings. The lowest BCUT2D eigenvalue weighted by Crippen LogP contribution is -2.10. The van der Waals surface area contributed by atoms with Gasteiger partial charge in [-0.15, -0.1) is 11.3 Å². The van der Waals surface area contributed by atoms with Crippen molar-refractivity contribution in [2.45, 2.75) is 6.92 Å². The first kappa shape index (κ1) is 15.2. The normalized spacial score (nSPS) is 10.7. The minimum Gasteiger partial charge on any atom is -0.465 e. The van der Waals surface area contributed by atoms with E-state index in [0.717, 1.165) is 28.1 Å². The Balaban J connectivity index is 1.84. The van der Waals surface area contributed by atoms with Crippen molar-refractivity contribution < 1.29 is 14.3 Å². The number of anilines is 1. The fourth-order valence-corrected chi connectivity index (χ4v) is 3.06. The third-order valence-electron chi connectivity index (χ3n) is 3.34. The van der Waals surface area contributed by atoms with Gasteiger partial charge in [0.15, 0.2) is 5.65 Å². The first-order valence-corrected chi connectivity index (χ1v) is 7.60. The van der Waals surface area contributed by atoms with Crippen molar-refractivity contribution in [3.05, 3.63) is 39.8 Å². The van der Waals surface area contributed by atoms with Crippen LogP contribution >= 0.6 is 11.3 Å². The predicted molar refractivity (Wildman–Crippen MR) is 86.9 cm³/mol. The van der Waals surface area contributed by atoms with Crippen LogP contribution in [-0.2, 0) is 11.8 Å². The molecule has 0 atom stereocenters. The molecule has 3 aromatic rings. The maximum absolute atomic E-state index is 12.3. The van der Waals surface area contributed by atoms with Crippen LogP contribution in [-0.4, -0.2) is 33.8 Å². The van der Waals surface area contributed by atoms with Crippen LogP contribution in [0.5, 0.6) is 0 Å². The first-order valence-electron chi connectivity index (χ1n) is 6.78. The number of carbonyl (C=O) groups excluding carboxylic acids is 2. The second-order valence-corrected chi connectivity index (χ2v) is 6.00. The predicted octanol–water partition coefficient (Wildman–Crippen LogP) is 2.38. The number of fused-ring (bicyclic) bond motifs is 1. The lowest BCUT2D eigenvalue weighted by atomic mass is 10.2. The quantitative estimate of drug-likeness (QED) is 0.745. The van der Waals surface area contributed by atoms with Crippen molar-refractivity contribution in [2.24, 2.45) is 7.05 Å². The summed E-state index contributed by atoms with van der Waals surface area (Å²) in [6.45, 7) is 1.89. The molecule has 1 amide bonds. The molecule has 3 heterocycles. The fourth-order valence-electron chi connectivity index (χ4n) is 2.24. The number of hydrogen-bond acceptors (Lipinski definition) is 6. The largest absolute Gasteiger partial charge is 0.465 e. The van der Waals surface area contributed by atoms with Gasteiger partial charge in [-0.25, -0.2) is 9.78 Å². The number of hydrogen-bond donors (Lipinski definition) is 1. The van der Waals surface area contributed by atoms with E-state index in [9.17, 15) is 9.59 Å². The molecule has 0 fully saturated rings. The van der Waals surface area contributed by atoms with Gasteiger partial charge in [-0.1, -0.05) is 0 Å². The zero-order valence-corrected chi connectivity index (χ0v) is 13.6. The highest BCUT2D eigenvalue weighted by Crippen LogP contribution is 2.22. The molecule has 0 radical (unpaired) electrons. The highest BCUT2D eigenvalue weighted by Gasteiger charge is 2.15. The summed E-state index contributed by atoms with van der Waals surface area (Å²) < 4.78 is 6.32. The lowest BCUT2D eigenvalue weighted by molar-refractivity contribution is 0.0606. The van der Waals surface area contributed by atoms with Crippen molar-refractivity contribution in [2.75, 3.05) is 12.4 Å². The second-order valence-electron chi connectivity index (χ2n) is 4.91. The maximum Gasteiger partial charge on any atom is 0.348 e. The number of aryl methyl sites for hydroxylation is 2. The minimum atomic E-state index is -0.455. The molecular weight excluding hydrogens is 316 g/mol. The van der Waals surface area contributed by atoms with Gasteiger partial charge in [-0.05, 0) is 25.1 Å². The molecule has 0 saturated heterocycles. The standard InChI is InChI=1S/C15H14N4O3S/c1-8-10-6-9(7-16-13(10)19(2)18-8)17-14(20)11-4-5-12(23-11)15(21)22-3/h4-7H,1-3H3,(H,17,20). The number of aromatic nitrogens is 3. The minimum absolute atomic E-state index is 0.298. The van der Waals surface area contributed by atoms with Crippen LogP contribution in [0.1, 0.15) is 25.0 Å². The van der Waals surface area contributed by atoms with Crippen molar-refractivity contribution in [1.29, 1.82) is 0 Å². The van der Waals surface area contributed by atoms with Gasteiger partial charge in [0, 0.05) is 12.4 Å². The molecule has 0 saturated carbocycles. The summed E-state index contributed by atoms with van der Waals surface area (Å²) in [6, 6.07) is 4.99. The van der Waals surface area contributed by atoms with Crippen molar-refractivity contribution in [1.82, 2.24) is 14.8 Å². The second kappa shape index (κ2) is 5.81. The third kappa shape index (κ3) is 2.80. The van der Waals surface area contributed by atoms with Gasteiger partial charge in [0.25, 0.3) is 5.91 Å². The Labute approximate surface area is 135 Å². The monoisotopic (exact) mass is 330 g/mol. The van der Waals surface area contributed by atoms with E-state index >= 15 is 0 Å². The van der Waals surface area contributed by atoms with Crippen molar-refractivity contribution in [3.8, 4) is 0 Å². The van der Waals surface area contributed by atoms with Gasteiger partial charge >= 0.3 is 5.97 Å². The summed E-state index contributed by atoms with van der Waals surface area (Å²) >= 11 is 1.08. The summed E-state index contributed by atoms with van der Waals surface area (Å²) in [7, 11) is 3.12. The van der Waals surface area contributed by atoms with Crippen molar-refractivity contribution in [3.63, 3.8) is 0 Å². The molecule has 3 aromatic heterocycles. The number of thiophene rings is 1. The van der Waals surface area contributed by atoms with Gasteiger partial charge in [0.05, 0.1) is 29.6 Å². The van der Waals surface area contributed by atoms with Gasteiger partial charge in [-0.2, -0.15) is 5.10 Å². The van der Waals surface area contributed by atoms with Crippen LogP contribution in [0.2, 0.25) is 0 Å². The molecule has 0 aromatic carbocycles.